The number of rotatable bonds is 2. The van der Waals surface area contributed by atoms with E-state index in [1.54, 1.807) is 7.11 Å². The summed E-state index contributed by atoms with van der Waals surface area (Å²) in [6.07, 6.45) is 2.15. The van der Waals surface area contributed by atoms with Crippen LogP contribution in [0.5, 0.6) is 5.75 Å². The van der Waals surface area contributed by atoms with Gasteiger partial charge >= 0.3 is 0 Å². The number of methoxy groups -OCH3 is 1. The maximum atomic E-state index is 5.29. The van der Waals surface area contributed by atoms with Gasteiger partial charge in [0.2, 0.25) is 0 Å². The maximum Gasteiger partial charge on any atom is 0.143 e. The van der Waals surface area contributed by atoms with Crippen molar-refractivity contribution in [2.24, 2.45) is 4.99 Å². The summed E-state index contributed by atoms with van der Waals surface area (Å²) < 4.78 is 6.29. The van der Waals surface area contributed by atoms with E-state index in [9.17, 15) is 0 Å². The number of nitrogens with one attached hydrogen (secondary N) is 1. The zero-order chi connectivity index (χ0) is 10.7. The Morgan fingerprint density at radius 3 is 3.00 bits per heavy atom. The van der Waals surface area contributed by atoms with Gasteiger partial charge < -0.3 is 10.1 Å². The lowest BCUT2D eigenvalue weighted by molar-refractivity contribution is 0.416. The van der Waals surface area contributed by atoms with Crippen molar-refractivity contribution in [3.8, 4) is 5.75 Å². The van der Waals surface area contributed by atoms with Gasteiger partial charge in [-0.15, -0.1) is 0 Å². The van der Waals surface area contributed by atoms with E-state index in [0.29, 0.717) is 0 Å². The van der Waals surface area contributed by atoms with Gasteiger partial charge in [-0.25, -0.2) is 0 Å². The number of nitrogens with zero attached hydrogens (tertiary/aromatic N) is 1. The van der Waals surface area contributed by atoms with E-state index in [0.717, 1.165) is 41.1 Å². The van der Waals surface area contributed by atoms with Crippen LogP contribution >= 0.6 is 15.9 Å². The Labute approximate surface area is 97.7 Å². The molecule has 3 nitrogen and oxygen atoms in total. The zero-order valence-corrected chi connectivity index (χ0v) is 10.2. The number of benzene rings is 1. The second-order valence-corrected chi connectivity index (χ2v) is 4.23. The Balaban J connectivity index is 2.25. The number of ether oxygens (including phenoxy) is 1. The van der Waals surface area contributed by atoms with Crippen molar-refractivity contribution in [2.45, 2.75) is 12.8 Å². The molecule has 1 N–H and O–H groups in total. The van der Waals surface area contributed by atoms with Gasteiger partial charge in [0.05, 0.1) is 12.8 Å². The van der Waals surface area contributed by atoms with Crippen LogP contribution in [0.1, 0.15) is 12.8 Å². The summed E-state index contributed by atoms with van der Waals surface area (Å²) in [7, 11) is 1.67. The van der Waals surface area contributed by atoms with Gasteiger partial charge in [0.1, 0.15) is 11.6 Å². The number of halogens is 1. The number of para-hydroxylation sites is 1. The van der Waals surface area contributed by atoms with Crippen LogP contribution < -0.4 is 10.1 Å². The second-order valence-electron chi connectivity index (χ2n) is 3.37. The van der Waals surface area contributed by atoms with Crippen LogP contribution in [0.15, 0.2) is 27.7 Å². The van der Waals surface area contributed by atoms with Crippen LogP contribution in [-0.2, 0) is 0 Å². The van der Waals surface area contributed by atoms with Crippen molar-refractivity contribution >= 4 is 27.5 Å². The predicted molar refractivity (Wildman–Crippen MR) is 65.9 cm³/mol. The fourth-order valence-electron chi connectivity index (χ4n) is 1.58. The first-order chi connectivity index (χ1) is 7.31. The van der Waals surface area contributed by atoms with Crippen LogP contribution in [0.2, 0.25) is 0 Å². The highest BCUT2D eigenvalue weighted by atomic mass is 79.9. The van der Waals surface area contributed by atoms with Gasteiger partial charge in [-0.05, 0) is 34.5 Å². The normalized spacial score (nSPS) is 14.9. The zero-order valence-electron chi connectivity index (χ0n) is 8.59. The van der Waals surface area contributed by atoms with Crippen molar-refractivity contribution < 1.29 is 4.74 Å². The van der Waals surface area contributed by atoms with E-state index in [1.807, 2.05) is 18.2 Å². The molecule has 2 rings (SSSR count). The lowest BCUT2D eigenvalue weighted by atomic mass is 10.2. The molecular formula is C11H13BrN2O. The molecule has 0 aromatic heterocycles. The molecule has 0 saturated heterocycles. The van der Waals surface area contributed by atoms with Gasteiger partial charge in [0.15, 0.2) is 0 Å². The average Bonchev–Trinajstić information content (AvgIpc) is 2.74. The minimum atomic E-state index is 0.832. The minimum absolute atomic E-state index is 0.832. The molecule has 0 radical (unpaired) electrons. The van der Waals surface area contributed by atoms with Crippen LogP contribution in [0.3, 0.4) is 0 Å². The molecule has 0 aliphatic carbocycles. The smallest absolute Gasteiger partial charge is 0.143 e. The fourth-order valence-corrected chi connectivity index (χ4v) is 2.03. The summed E-state index contributed by atoms with van der Waals surface area (Å²) in [4.78, 5) is 4.38. The lowest BCUT2D eigenvalue weighted by Crippen LogP contribution is -2.09. The maximum absolute atomic E-state index is 5.29. The van der Waals surface area contributed by atoms with E-state index in [4.69, 9.17) is 4.74 Å². The average molecular weight is 269 g/mol. The highest BCUT2D eigenvalue weighted by Gasteiger charge is 2.11. The van der Waals surface area contributed by atoms with Crippen molar-refractivity contribution in [2.75, 3.05) is 19.0 Å². The molecule has 1 aliphatic rings. The molecular weight excluding hydrogens is 256 g/mol. The molecule has 0 amide bonds. The van der Waals surface area contributed by atoms with Crippen LogP contribution in [-0.4, -0.2) is 19.5 Å². The van der Waals surface area contributed by atoms with Crippen LogP contribution in [0, 0.1) is 0 Å². The topological polar surface area (TPSA) is 33.6 Å². The fraction of sp³-hybridized carbons (Fsp3) is 0.364. The molecule has 1 heterocycles. The molecule has 15 heavy (non-hydrogen) atoms. The first-order valence-electron chi connectivity index (χ1n) is 4.94. The molecule has 0 bridgehead atoms. The molecule has 0 fully saturated rings. The Bertz CT molecular complexity index is 390. The standard InChI is InChI=1S/C11H13BrN2O/c1-15-9-5-2-4-8(12)11(9)14-10-6-3-7-13-10/h2,4-5H,3,6-7H2,1H3,(H,13,14). The summed E-state index contributed by atoms with van der Waals surface area (Å²) in [6.45, 7) is 0.926. The molecule has 4 heteroatoms. The van der Waals surface area contributed by atoms with Crippen LogP contribution in [0.25, 0.3) is 0 Å². The third-order valence-corrected chi connectivity index (χ3v) is 3.00. The molecule has 1 aromatic rings. The third-order valence-electron chi connectivity index (χ3n) is 2.34. The van der Waals surface area contributed by atoms with Gasteiger partial charge in [-0.2, -0.15) is 0 Å². The Morgan fingerprint density at radius 1 is 1.47 bits per heavy atom. The van der Waals surface area contributed by atoms with Crippen molar-refractivity contribution in [1.82, 2.24) is 0 Å². The Morgan fingerprint density at radius 2 is 2.33 bits per heavy atom. The number of hydrogen-bond acceptors (Lipinski definition) is 3. The first kappa shape index (κ1) is 10.5. The quantitative estimate of drug-likeness (QED) is 0.895. The summed E-state index contributed by atoms with van der Waals surface area (Å²) >= 11 is 3.50. The lowest BCUT2D eigenvalue weighted by Gasteiger charge is -2.12. The number of anilines is 1. The molecule has 1 aromatic carbocycles. The van der Waals surface area contributed by atoms with E-state index in [2.05, 4.69) is 26.2 Å². The van der Waals surface area contributed by atoms with Crippen molar-refractivity contribution in [3.63, 3.8) is 0 Å². The Kier molecular flexibility index (Phi) is 3.26. The van der Waals surface area contributed by atoms with Crippen LogP contribution in [0.4, 0.5) is 5.69 Å². The Hall–Kier alpha value is -1.03. The summed E-state index contributed by atoms with van der Waals surface area (Å²) in [5, 5.41) is 3.31. The monoisotopic (exact) mass is 268 g/mol. The van der Waals surface area contributed by atoms with Gasteiger partial charge in [-0.3, -0.25) is 4.99 Å². The van der Waals surface area contributed by atoms with E-state index >= 15 is 0 Å². The number of hydrogen-bond donors (Lipinski definition) is 1. The number of aliphatic imine (C=N–C) groups is 1. The van der Waals surface area contributed by atoms with Gasteiger partial charge in [0.25, 0.3) is 0 Å². The minimum Gasteiger partial charge on any atom is -0.495 e. The van der Waals surface area contributed by atoms with Gasteiger partial charge in [-0.1, -0.05) is 6.07 Å². The predicted octanol–water partition coefficient (Wildman–Crippen LogP) is 3.06. The summed E-state index contributed by atoms with van der Waals surface area (Å²) in [5.74, 6) is 1.87. The second kappa shape index (κ2) is 4.66. The molecule has 0 unspecified atom stereocenters. The summed E-state index contributed by atoms with van der Waals surface area (Å²) in [6, 6.07) is 5.87. The third kappa shape index (κ3) is 2.31. The van der Waals surface area contributed by atoms with E-state index in [1.165, 1.54) is 0 Å². The van der Waals surface area contributed by atoms with E-state index in [-0.39, 0.29) is 0 Å². The van der Waals surface area contributed by atoms with Gasteiger partial charge in [0, 0.05) is 17.4 Å². The highest BCUT2D eigenvalue weighted by Crippen LogP contribution is 2.32. The summed E-state index contributed by atoms with van der Waals surface area (Å²) in [5.41, 5.74) is 0.959. The highest BCUT2D eigenvalue weighted by molar-refractivity contribution is 9.10. The van der Waals surface area contributed by atoms with Crippen molar-refractivity contribution in [3.05, 3.63) is 22.7 Å². The first-order valence-corrected chi connectivity index (χ1v) is 5.73. The molecule has 0 spiro atoms. The molecule has 80 valence electrons. The van der Waals surface area contributed by atoms with E-state index < -0.39 is 0 Å². The molecule has 0 atom stereocenters. The SMILES string of the molecule is COc1cccc(Br)c1NC1=NCCC1. The van der Waals surface area contributed by atoms with Crippen molar-refractivity contribution in [1.29, 1.82) is 0 Å². The largest absolute Gasteiger partial charge is 0.495 e. The molecule has 0 saturated carbocycles. The molecule has 1 aliphatic heterocycles. The number of amidine groups is 1.